The highest BCUT2D eigenvalue weighted by Crippen LogP contribution is 2.32. The van der Waals surface area contributed by atoms with E-state index < -0.39 is 0 Å². The molecule has 0 atom stereocenters. The average molecular weight is 841 g/mol. The van der Waals surface area contributed by atoms with Crippen LogP contribution in [0.15, 0.2) is 228 Å². The first-order chi connectivity index (χ1) is 31.1. The maximum atomic E-state index is 4.87. The normalized spacial score (nSPS) is 16.7. The molecule has 326 valence electrons. The van der Waals surface area contributed by atoms with Gasteiger partial charge in [0.1, 0.15) is 5.84 Å². The molecule has 0 aliphatic heterocycles. The van der Waals surface area contributed by atoms with Gasteiger partial charge < -0.3 is 0 Å². The summed E-state index contributed by atoms with van der Waals surface area (Å²) in [5, 5.41) is 2.66. The molecule has 0 heterocycles. The Morgan fingerprint density at radius 3 is 2.06 bits per heavy atom. The van der Waals surface area contributed by atoms with E-state index in [1.807, 2.05) is 32.2 Å². The first-order valence-electron chi connectivity index (χ1n) is 22.8. The zero-order valence-electron chi connectivity index (χ0n) is 39.4. The standard InChI is InChI=1S/C62H68N2/c1-11-28-55(29-12-2)64(62(63-10)53-35-19-15-14-16-20-36-53)56(44-46(4)5)42-40-47(6)30-27-37-54(49(8)13-3)45-48(7)41-43-57-50(9)60(51-31-21-17-22-32-51)58-38-25-26-39-59(58)61(57)52-33-23-18-24-34-52/h11-13,15,17-24,27-44,46H,1,6-7,14,16,25-26,45H2,2-5,8-10H3/b19-15?,29-12-,30-27+,36-20-,42-40-,43-41-,49-13-,53-35+,54-37-,55-28+,56-44?,63-62?. The van der Waals surface area contributed by atoms with Crippen LogP contribution in [0.5, 0.6) is 0 Å². The molecule has 2 aliphatic carbocycles. The van der Waals surface area contributed by atoms with Crippen LogP contribution < -0.4 is 10.4 Å². The highest BCUT2D eigenvalue weighted by Gasteiger charge is 2.21. The van der Waals surface area contributed by atoms with E-state index in [0.29, 0.717) is 6.42 Å². The first kappa shape index (κ1) is 48.3. The summed E-state index contributed by atoms with van der Waals surface area (Å²) in [5.41, 5.74) is 14.9. The van der Waals surface area contributed by atoms with Crippen LogP contribution in [0, 0.1) is 12.8 Å². The third-order valence-corrected chi connectivity index (χ3v) is 11.3. The number of hydrogen-bond acceptors (Lipinski definition) is 1. The number of amidine groups is 1. The number of rotatable bonds is 17. The molecule has 0 aromatic heterocycles. The predicted octanol–water partition coefficient (Wildman–Crippen LogP) is 15.6. The summed E-state index contributed by atoms with van der Waals surface area (Å²) in [6.07, 6.45) is 48.1. The Balaban J connectivity index is 1.47. The van der Waals surface area contributed by atoms with Gasteiger partial charge in [0.05, 0.1) is 0 Å². The number of benzene rings is 3. The highest BCUT2D eigenvalue weighted by molar-refractivity contribution is 6.03. The molecule has 5 rings (SSSR count). The lowest BCUT2D eigenvalue weighted by Crippen LogP contribution is -2.33. The Hall–Kier alpha value is -6.77. The van der Waals surface area contributed by atoms with Crippen LogP contribution in [0.25, 0.3) is 40.5 Å². The van der Waals surface area contributed by atoms with E-state index in [-0.39, 0.29) is 5.92 Å². The molecular formula is C62H68N2. The largest absolute Gasteiger partial charge is 0.295 e. The minimum Gasteiger partial charge on any atom is -0.295 e. The Morgan fingerprint density at radius 2 is 1.44 bits per heavy atom. The van der Waals surface area contributed by atoms with Crippen LogP contribution in [0.1, 0.15) is 77.8 Å². The van der Waals surface area contributed by atoms with Gasteiger partial charge in [0.2, 0.25) is 0 Å². The second kappa shape index (κ2) is 24.8. The third kappa shape index (κ3) is 12.9. The SMILES string of the molecule is C=C/C=C(\C=C/C)N(C(=CC(C)C)/C=C\C(=C)/C=C/C=C(CC(=C)/C=C\c1c(C)c(-c2ccccc2)c2c(c1-c1ccccc1)=CCCC=2)\C(C)=C/C)C(=NC)C1=C/C=CCC/C=C\1. The van der Waals surface area contributed by atoms with E-state index in [0.717, 1.165) is 59.6 Å². The van der Waals surface area contributed by atoms with Gasteiger partial charge in [-0.25, -0.2) is 0 Å². The van der Waals surface area contributed by atoms with Crippen molar-refractivity contribution in [2.24, 2.45) is 10.9 Å². The van der Waals surface area contributed by atoms with Gasteiger partial charge in [0.25, 0.3) is 0 Å². The van der Waals surface area contributed by atoms with E-state index in [1.54, 1.807) is 0 Å². The Kier molecular flexibility index (Phi) is 18.7. The van der Waals surface area contributed by atoms with Gasteiger partial charge >= 0.3 is 0 Å². The van der Waals surface area contributed by atoms with Crippen LogP contribution in [0.4, 0.5) is 0 Å². The zero-order valence-corrected chi connectivity index (χ0v) is 39.4. The van der Waals surface area contributed by atoms with E-state index >= 15 is 0 Å². The first-order valence-corrected chi connectivity index (χ1v) is 22.8. The molecule has 0 bridgehead atoms. The summed E-state index contributed by atoms with van der Waals surface area (Å²) >= 11 is 0. The van der Waals surface area contributed by atoms with Crippen molar-refractivity contribution in [1.82, 2.24) is 4.90 Å². The maximum absolute atomic E-state index is 4.87. The number of aliphatic imine (C=N–C) groups is 1. The molecule has 0 spiro atoms. The lowest BCUT2D eigenvalue weighted by Gasteiger charge is -2.29. The molecule has 0 saturated heterocycles. The van der Waals surface area contributed by atoms with Crippen molar-refractivity contribution in [2.75, 3.05) is 7.05 Å². The second-order valence-electron chi connectivity index (χ2n) is 16.5. The summed E-state index contributed by atoms with van der Waals surface area (Å²) in [5.74, 6) is 1.13. The smallest absolute Gasteiger partial charge is 0.139 e. The van der Waals surface area contributed by atoms with Crippen LogP contribution >= 0.6 is 0 Å². The van der Waals surface area contributed by atoms with Crippen molar-refractivity contribution in [3.8, 4) is 22.3 Å². The van der Waals surface area contributed by atoms with Crippen LogP contribution in [0.2, 0.25) is 0 Å². The minimum absolute atomic E-state index is 0.279. The zero-order chi connectivity index (χ0) is 45.8. The molecule has 2 aliphatic rings. The van der Waals surface area contributed by atoms with Crippen LogP contribution in [-0.4, -0.2) is 17.8 Å². The van der Waals surface area contributed by atoms with Crippen molar-refractivity contribution in [1.29, 1.82) is 0 Å². The molecule has 0 N–H and O–H groups in total. The molecule has 0 radical (unpaired) electrons. The van der Waals surface area contributed by atoms with Crippen LogP contribution in [0.3, 0.4) is 0 Å². The molecule has 0 unspecified atom stereocenters. The highest BCUT2D eigenvalue weighted by atomic mass is 15.2. The summed E-state index contributed by atoms with van der Waals surface area (Å²) < 4.78 is 0. The lowest BCUT2D eigenvalue weighted by atomic mass is 9.84. The van der Waals surface area contributed by atoms with Gasteiger partial charge in [-0.05, 0) is 139 Å². The van der Waals surface area contributed by atoms with Gasteiger partial charge in [-0.1, -0.05) is 209 Å². The predicted molar refractivity (Wildman–Crippen MR) is 284 cm³/mol. The molecule has 0 fully saturated rings. The molecule has 3 aromatic rings. The van der Waals surface area contributed by atoms with Crippen LogP contribution in [-0.2, 0) is 0 Å². The maximum Gasteiger partial charge on any atom is 0.139 e. The molecule has 3 aromatic carbocycles. The summed E-state index contributed by atoms with van der Waals surface area (Å²) in [6.45, 7) is 26.0. The molecular weight excluding hydrogens is 773 g/mol. The fourth-order valence-corrected chi connectivity index (χ4v) is 8.14. The minimum atomic E-state index is 0.279. The van der Waals surface area contributed by atoms with E-state index in [4.69, 9.17) is 4.99 Å². The fraction of sp³-hybridized carbons (Fsp3) is 0.210. The molecule has 0 amide bonds. The number of nitrogens with zero attached hydrogens (tertiary/aromatic N) is 2. The number of allylic oxidation sites excluding steroid dienone is 20. The summed E-state index contributed by atoms with van der Waals surface area (Å²) in [6, 6.07) is 21.7. The van der Waals surface area contributed by atoms with Crippen molar-refractivity contribution >= 4 is 24.1 Å². The fourth-order valence-electron chi connectivity index (χ4n) is 8.14. The Morgan fingerprint density at radius 1 is 0.781 bits per heavy atom. The molecule has 2 nitrogen and oxygen atoms in total. The Labute approximate surface area is 385 Å². The van der Waals surface area contributed by atoms with E-state index in [1.165, 1.54) is 55.0 Å². The monoisotopic (exact) mass is 841 g/mol. The number of fused-ring (bicyclic) bond motifs is 1. The molecule has 0 saturated carbocycles. The molecule has 64 heavy (non-hydrogen) atoms. The van der Waals surface area contributed by atoms with Gasteiger partial charge in [0, 0.05) is 24.0 Å². The van der Waals surface area contributed by atoms with Gasteiger partial charge in [-0.15, -0.1) is 0 Å². The van der Waals surface area contributed by atoms with E-state index in [2.05, 4.69) is 223 Å². The summed E-state index contributed by atoms with van der Waals surface area (Å²) in [4.78, 5) is 7.08. The average Bonchev–Trinajstić information content (AvgIpc) is 3.29. The molecule has 2 heteroatoms. The van der Waals surface area contributed by atoms with Gasteiger partial charge in [-0.2, -0.15) is 0 Å². The summed E-state index contributed by atoms with van der Waals surface area (Å²) in [7, 11) is 1.86. The van der Waals surface area contributed by atoms with Crippen molar-refractivity contribution in [3.63, 3.8) is 0 Å². The third-order valence-electron chi connectivity index (χ3n) is 11.3. The Bertz CT molecular complexity index is 2670. The van der Waals surface area contributed by atoms with Gasteiger partial charge in [0.15, 0.2) is 0 Å². The number of hydrogen-bond donors (Lipinski definition) is 0. The van der Waals surface area contributed by atoms with Crippen molar-refractivity contribution in [3.05, 3.63) is 245 Å². The van der Waals surface area contributed by atoms with E-state index in [9.17, 15) is 0 Å². The topological polar surface area (TPSA) is 15.6 Å². The lowest BCUT2D eigenvalue weighted by molar-refractivity contribution is 0.652. The van der Waals surface area contributed by atoms with Crippen molar-refractivity contribution in [2.45, 2.75) is 73.6 Å². The van der Waals surface area contributed by atoms with Gasteiger partial charge in [-0.3, -0.25) is 9.89 Å². The van der Waals surface area contributed by atoms with Crippen molar-refractivity contribution < 1.29 is 0 Å². The quantitative estimate of drug-likeness (QED) is 0.0751. The second-order valence-corrected chi connectivity index (χ2v) is 16.5.